The monoisotopic (exact) mass is 295 g/mol. The van der Waals surface area contributed by atoms with Crippen molar-refractivity contribution in [3.63, 3.8) is 0 Å². The van der Waals surface area contributed by atoms with Gasteiger partial charge in [-0.2, -0.15) is 0 Å². The molecule has 6 nitrogen and oxygen atoms in total. The summed E-state index contributed by atoms with van der Waals surface area (Å²) in [6.45, 7) is 3.74. The first-order chi connectivity index (χ1) is 9.90. The lowest BCUT2D eigenvalue weighted by atomic mass is 10.1. The number of hydrogen-bond donors (Lipinski definition) is 2. The summed E-state index contributed by atoms with van der Waals surface area (Å²) >= 11 is 0. The van der Waals surface area contributed by atoms with Gasteiger partial charge in [0.05, 0.1) is 11.3 Å². The third-order valence-electron chi connectivity index (χ3n) is 3.72. The Kier molecular flexibility index (Phi) is 4.42. The number of para-hydroxylation sites is 1. The lowest BCUT2D eigenvalue weighted by Gasteiger charge is -2.37. The number of aromatic carboxylic acids is 1. The second kappa shape index (κ2) is 6.09. The normalized spacial score (nSPS) is 19.4. The van der Waals surface area contributed by atoms with Gasteiger partial charge in [-0.05, 0) is 26.1 Å². The van der Waals surface area contributed by atoms with E-state index in [1.165, 1.54) is 12.1 Å². The molecule has 0 radical (unpaired) electrons. The van der Waals surface area contributed by atoms with Crippen LogP contribution >= 0.6 is 0 Å². The number of carbonyl (C=O) groups excluding carboxylic acids is 1. The zero-order valence-corrected chi connectivity index (χ0v) is 12.0. The number of rotatable bonds is 2. The summed E-state index contributed by atoms with van der Waals surface area (Å²) in [7, 11) is 1.97. The molecule has 7 heteroatoms. The number of nitrogens with one attached hydrogen (secondary N) is 1. The molecule has 21 heavy (non-hydrogen) atoms. The van der Waals surface area contributed by atoms with Gasteiger partial charge in [-0.3, -0.25) is 0 Å². The van der Waals surface area contributed by atoms with Crippen LogP contribution in [0.3, 0.4) is 0 Å². The summed E-state index contributed by atoms with van der Waals surface area (Å²) in [4.78, 5) is 27.0. The highest BCUT2D eigenvalue weighted by Gasteiger charge is 2.26. The number of piperazine rings is 1. The Labute approximate surface area is 122 Å². The molecule has 2 rings (SSSR count). The molecule has 1 aromatic rings. The van der Waals surface area contributed by atoms with Gasteiger partial charge in [0.2, 0.25) is 0 Å². The summed E-state index contributed by atoms with van der Waals surface area (Å²) in [6, 6.07) is 3.39. The lowest BCUT2D eigenvalue weighted by molar-refractivity contribution is 0.0697. The van der Waals surface area contributed by atoms with Crippen LogP contribution in [0.5, 0.6) is 0 Å². The van der Waals surface area contributed by atoms with E-state index in [-0.39, 0.29) is 17.3 Å². The van der Waals surface area contributed by atoms with Gasteiger partial charge in [0, 0.05) is 25.7 Å². The van der Waals surface area contributed by atoms with Crippen LogP contribution in [-0.4, -0.2) is 59.6 Å². The number of benzene rings is 1. The number of carbonyl (C=O) groups is 2. The molecule has 2 N–H and O–H groups in total. The van der Waals surface area contributed by atoms with Crippen molar-refractivity contribution >= 4 is 17.7 Å². The molecule has 1 aliphatic rings. The smallest absolute Gasteiger partial charge is 0.337 e. The van der Waals surface area contributed by atoms with Crippen molar-refractivity contribution in [2.45, 2.75) is 13.0 Å². The Morgan fingerprint density at radius 2 is 2.10 bits per heavy atom. The fourth-order valence-corrected chi connectivity index (χ4v) is 2.25. The Morgan fingerprint density at radius 3 is 2.71 bits per heavy atom. The van der Waals surface area contributed by atoms with Gasteiger partial charge in [-0.15, -0.1) is 0 Å². The summed E-state index contributed by atoms with van der Waals surface area (Å²) in [5.74, 6) is -2.04. The Bertz CT molecular complexity index is 564. The van der Waals surface area contributed by atoms with Crippen molar-refractivity contribution in [2.24, 2.45) is 0 Å². The van der Waals surface area contributed by atoms with Crippen LogP contribution < -0.4 is 5.32 Å². The Balaban J connectivity index is 2.15. The second-order valence-electron chi connectivity index (χ2n) is 5.17. The van der Waals surface area contributed by atoms with E-state index in [0.29, 0.717) is 13.1 Å². The maximum atomic E-state index is 13.8. The van der Waals surface area contributed by atoms with Crippen LogP contribution in [0.15, 0.2) is 18.2 Å². The molecular weight excluding hydrogens is 277 g/mol. The number of carboxylic acids is 1. The Hall–Kier alpha value is -2.15. The number of likely N-dealkylation sites (N-methyl/N-ethyl adjacent to an activating group) is 1. The summed E-state index contributed by atoms with van der Waals surface area (Å²) in [5, 5.41) is 11.4. The van der Waals surface area contributed by atoms with E-state index in [1.807, 2.05) is 14.0 Å². The van der Waals surface area contributed by atoms with Crippen molar-refractivity contribution in [2.75, 3.05) is 32.0 Å². The van der Waals surface area contributed by atoms with Crippen LogP contribution in [0.1, 0.15) is 17.3 Å². The Morgan fingerprint density at radius 1 is 1.38 bits per heavy atom. The fraction of sp³-hybridized carbons (Fsp3) is 0.429. The van der Waals surface area contributed by atoms with E-state index >= 15 is 0 Å². The highest BCUT2D eigenvalue weighted by Crippen LogP contribution is 2.21. The minimum absolute atomic E-state index is 0.198. The molecule has 1 saturated heterocycles. The zero-order valence-electron chi connectivity index (χ0n) is 12.0. The third kappa shape index (κ3) is 3.30. The quantitative estimate of drug-likeness (QED) is 0.871. The maximum Gasteiger partial charge on any atom is 0.337 e. The highest BCUT2D eigenvalue weighted by molar-refractivity contribution is 6.00. The minimum Gasteiger partial charge on any atom is -0.478 e. The van der Waals surface area contributed by atoms with Gasteiger partial charge in [-0.1, -0.05) is 6.07 Å². The molecule has 0 saturated carbocycles. The average molecular weight is 295 g/mol. The summed E-state index contributed by atoms with van der Waals surface area (Å²) in [6.07, 6.45) is 0. The number of carboxylic acid groups (broad SMARTS) is 1. The number of amides is 2. The molecule has 0 bridgehead atoms. The summed E-state index contributed by atoms with van der Waals surface area (Å²) < 4.78 is 13.8. The van der Waals surface area contributed by atoms with E-state index < -0.39 is 17.8 Å². The number of anilines is 1. The molecule has 0 spiro atoms. The maximum absolute atomic E-state index is 13.8. The molecule has 1 fully saturated rings. The molecule has 0 aliphatic carbocycles. The molecule has 0 aromatic heterocycles. The van der Waals surface area contributed by atoms with E-state index in [4.69, 9.17) is 5.11 Å². The minimum atomic E-state index is -1.28. The number of urea groups is 1. The number of hydrogen-bond acceptors (Lipinski definition) is 3. The van der Waals surface area contributed by atoms with E-state index in [2.05, 4.69) is 10.2 Å². The first-order valence-corrected chi connectivity index (χ1v) is 6.68. The van der Waals surface area contributed by atoms with E-state index in [9.17, 15) is 14.0 Å². The van der Waals surface area contributed by atoms with Crippen molar-refractivity contribution < 1.29 is 19.1 Å². The van der Waals surface area contributed by atoms with E-state index in [0.717, 1.165) is 12.6 Å². The number of halogens is 1. The van der Waals surface area contributed by atoms with Crippen molar-refractivity contribution in [3.8, 4) is 0 Å². The molecule has 1 aromatic carbocycles. The lowest BCUT2D eigenvalue weighted by Crippen LogP contribution is -2.53. The van der Waals surface area contributed by atoms with Gasteiger partial charge < -0.3 is 20.2 Å². The third-order valence-corrected chi connectivity index (χ3v) is 3.72. The standard InChI is InChI=1S/C14H18FN3O3/c1-9-8-18(7-6-17(9)2)14(21)16-12-10(13(19)20)4-3-5-11(12)15/h3-5,9H,6-8H2,1-2H3,(H,16,21)(H,19,20). The average Bonchev–Trinajstić information content (AvgIpc) is 2.43. The van der Waals surface area contributed by atoms with Crippen molar-refractivity contribution in [1.29, 1.82) is 0 Å². The SMILES string of the molecule is CC1CN(C(=O)Nc2c(F)cccc2C(=O)O)CCN1C. The van der Waals surface area contributed by atoms with Crippen molar-refractivity contribution in [3.05, 3.63) is 29.6 Å². The van der Waals surface area contributed by atoms with Crippen LogP contribution in [0.2, 0.25) is 0 Å². The first-order valence-electron chi connectivity index (χ1n) is 6.68. The number of nitrogens with zero attached hydrogens (tertiary/aromatic N) is 2. The topological polar surface area (TPSA) is 72.9 Å². The predicted octanol–water partition coefficient (Wildman–Crippen LogP) is 1.69. The molecule has 114 valence electrons. The van der Waals surface area contributed by atoms with Gasteiger partial charge in [0.1, 0.15) is 5.82 Å². The molecule has 1 unspecified atom stereocenters. The van der Waals surface area contributed by atoms with Gasteiger partial charge >= 0.3 is 12.0 Å². The largest absolute Gasteiger partial charge is 0.478 e. The molecule has 1 heterocycles. The van der Waals surface area contributed by atoms with Gasteiger partial charge in [0.25, 0.3) is 0 Å². The van der Waals surface area contributed by atoms with Crippen molar-refractivity contribution in [1.82, 2.24) is 9.80 Å². The predicted molar refractivity (Wildman–Crippen MR) is 76.0 cm³/mol. The zero-order chi connectivity index (χ0) is 15.6. The van der Waals surface area contributed by atoms with Gasteiger partial charge in [0.15, 0.2) is 0 Å². The summed E-state index contributed by atoms with van der Waals surface area (Å²) in [5.41, 5.74) is -0.549. The molecule has 1 atom stereocenters. The van der Waals surface area contributed by atoms with Gasteiger partial charge in [-0.25, -0.2) is 14.0 Å². The fourth-order valence-electron chi connectivity index (χ4n) is 2.25. The molecule has 2 amide bonds. The van der Waals surface area contributed by atoms with E-state index in [1.54, 1.807) is 4.90 Å². The highest BCUT2D eigenvalue weighted by atomic mass is 19.1. The first kappa shape index (κ1) is 15.2. The van der Waals surface area contributed by atoms with Crippen LogP contribution in [0.25, 0.3) is 0 Å². The van der Waals surface area contributed by atoms with Crippen LogP contribution in [0, 0.1) is 5.82 Å². The molecular formula is C14H18FN3O3. The van der Waals surface area contributed by atoms with Crippen LogP contribution in [0.4, 0.5) is 14.9 Å². The molecule has 1 aliphatic heterocycles. The van der Waals surface area contributed by atoms with Crippen LogP contribution in [-0.2, 0) is 0 Å². The second-order valence-corrected chi connectivity index (χ2v) is 5.17.